The summed E-state index contributed by atoms with van der Waals surface area (Å²) in [6.07, 6.45) is 4.93. The molecule has 0 N–H and O–H groups in total. The van der Waals surface area contributed by atoms with Gasteiger partial charge >= 0.3 is 228 Å². The Labute approximate surface area is 273 Å². The minimum atomic E-state index is -1.14. The zero-order chi connectivity index (χ0) is 27.4. The Hall–Kier alpha value is -2.74. The molecule has 8 rings (SSSR count). The smallest absolute Gasteiger partial charge is 0.0307 e. The van der Waals surface area contributed by atoms with Crippen LogP contribution in [0.1, 0.15) is 36.1 Å². The molecule has 0 unspecified atom stereocenters. The van der Waals surface area contributed by atoms with E-state index in [1.165, 1.54) is 76.5 Å². The van der Waals surface area contributed by atoms with Crippen molar-refractivity contribution < 1.29 is 47.1 Å². The van der Waals surface area contributed by atoms with Crippen molar-refractivity contribution in [3.8, 4) is 0 Å². The molecule has 0 amide bonds. The van der Waals surface area contributed by atoms with Crippen LogP contribution in [0.2, 0.25) is 13.1 Å². The van der Waals surface area contributed by atoms with Crippen LogP contribution in [0.3, 0.4) is 0 Å². The zero-order valence-corrected chi connectivity index (χ0v) is 29.1. The number of benzene rings is 6. The molecule has 42 heavy (non-hydrogen) atoms. The van der Waals surface area contributed by atoms with E-state index in [-0.39, 0.29) is 24.8 Å². The van der Waals surface area contributed by atoms with Crippen LogP contribution in [-0.2, 0) is 22.3 Å². The van der Waals surface area contributed by atoms with Gasteiger partial charge in [-0.2, -0.15) is 0 Å². The minimum Gasteiger partial charge on any atom is -1.00 e. The Morgan fingerprint density at radius 2 is 0.690 bits per heavy atom. The van der Waals surface area contributed by atoms with Crippen LogP contribution in [0.25, 0.3) is 55.2 Å². The average Bonchev–Trinajstić information content (AvgIpc) is 3.50. The predicted octanol–water partition coefficient (Wildman–Crippen LogP) is 3.75. The first-order chi connectivity index (χ1) is 19.6. The topological polar surface area (TPSA) is 0 Å². The van der Waals surface area contributed by atoms with Gasteiger partial charge in [-0.05, 0) is 0 Å². The van der Waals surface area contributed by atoms with E-state index in [1.807, 2.05) is 0 Å². The Morgan fingerprint density at radius 1 is 0.429 bits per heavy atom. The molecule has 0 aliphatic heterocycles. The van der Waals surface area contributed by atoms with E-state index in [0.717, 1.165) is 9.52 Å². The maximum absolute atomic E-state index is 2.47. The summed E-state index contributed by atoms with van der Waals surface area (Å²) in [4.78, 5) is 0. The van der Waals surface area contributed by atoms with E-state index in [2.05, 4.69) is 136 Å². The standard InChI is InChI=1S/2C18H12.C2H6Si.2ClH.Zr/c2*1-12-10-17-15-8-4-2-6-13(15)14-7-3-5-9-16(14)18(17)11-12;1-3-2;;;/h2*2-10H,1H3;1-2H3;2*1H;/p-2. The maximum atomic E-state index is 2.47. The van der Waals surface area contributed by atoms with E-state index < -0.39 is 22.3 Å². The molecular formula is C38H30Cl2SiZr-2. The Bertz CT molecular complexity index is 2010. The number of allylic oxidation sites excluding steroid dienone is 2. The van der Waals surface area contributed by atoms with Crippen LogP contribution in [0.15, 0.2) is 108 Å². The summed E-state index contributed by atoms with van der Waals surface area (Å²) in [5.41, 5.74) is 8.76. The maximum Gasteiger partial charge on any atom is 0.0307 e. The van der Waals surface area contributed by atoms with E-state index in [9.17, 15) is 0 Å². The summed E-state index contributed by atoms with van der Waals surface area (Å²) in [6, 6.07) is 35.9. The zero-order valence-electron chi connectivity index (χ0n) is 24.1. The summed E-state index contributed by atoms with van der Waals surface area (Å²) in [5, 5.41) is 11.0. The van der Waals surface area contributed by atoms with E-state index in [4.69, 9.17) is 0 Å². The van der Waals surface area contributed by atoms with Crippen molar-refractivity contribution in [2.75, 3.05) is 0 Å². The SMILES string of the molecule is CC1=Cc2c(c3ccccc3c3ccccc23)[C]1=[Zr]=[C]1C(C)=Cc2c1c1ccccc1c1ccccc21.C[Si]C.[Cl-].[Cl-]. The molecule has 6 aromatic carbocycles. The third kappa shape index (κ3) is 4.78. The molecule has 0 nitrogen and oxygen atoms in total. The molecule has 6 aromatic rings. The first-order valence-electron chi connectivity index (χ1n) is 14.0. The Kier molecular flexibility index (Phi) is 9.12. The number of halogens is 2. The molecule has 0 fully saturated rings. The quantitative estimate of drug-likeness (QED) is 0.170. The molecule has 2 aliphatic carbocycles. The fourth-order valence-corrected chi connectivity index (χ4v) is 10.5. The van der Waals surface area contributed by atoms with Crippen molar-refractivity contribution in [3.63, 3.8) is 0 Å². The Balaban J connectivity index is 0.000000679. The number of rotatable bonds is 0. The molecule has 4 heteroatoms. The summed E-state index contributed by atoms with van der Waals surface area (Å²) in [7, 11) is 1.08. The van der Waals surface area contributed by atoms with Gasteiger partial charge in [0.15, 0.2) is 0 Å². The van der Waals surface area contributed by atoms with Crippen molar-refractivity contribution >= 4 is 71.2 Å². The van der Waals surface area contributed by atoms with Gasteiger partial charge in [-0.3, -0.25) is 0 Å². The summed E-state index contributed by atoms with van der Waals surface area (Å²) >= 11 is -1.14. The molecule has 2 radical (unpaired) electrons. The normalized spacial score (nSPS) is 13.0. The molecule has 206 valence electrons. The second-order valence-corrected chi connectivity index (χ2v) is 14.9. The number of hydrogen-bond donors (Lipinski definition) is 0. The van der Waals surface area contributed by atoms with Crippen molar-refractivity contribution in [3.05, 3.63) is 130 Å². The van der Waals surface area contributed by atoms with Crippen LogP contribution in [-0.4, -0.2) is 15.9 Å². The fourth-order valence-electron chi connectivity index (χ4n) is 6.59. The first-order valence-corrected chi connectivity index (χ1v) is 18.4. The van der Waals surface area contributed by atoms with Gasteiger partial charge in [-0.25, -0.2) is 0 Å². The second-order valence-electron chi connectivity index (χ2n) is 10.8. The van der Waals surface area contributed by atoms with E-state index >= 15 is 0 Å². The largest absolute Gasteiger partial charge is 1.00 e. The van der Waals surface area contributed by atoms with E-state index in [0.29, 0.717) is 0 Å². The predicted molar refractivity (Wildman–Crippen MR) is 176 cm³/mol. The van der Waals surface area contributed by atoms with Gasteiger partial charge in [0.05, 0.1) is 0 Å². The van der Waals surface area contributed by atoms with Crippen LogP contribution in [0.4, 0.5) is 0 Å². The van der Waals surface area contributed by atoms with Gasteiger partial charge in [0.2, 0.25) is 0 Å². The van der Waals surface area contributed by atoms with Crippen molar-refractivity contribution in [1.82, 2.24) is 0 Å². The monoisotopic (exact) mass is 674 g/mol. The van der Waals surface area contributed by atoms with Gasteiger partial charge in [0, 0.05) is 9.52 Å². The molecule has 0 heterocycles. The van der Waals surface area contributed by atoms with Crippen LogP contribution in [0.5, 0.6) is 0 Å². The summed E-state index contributed by atoms with van der Waals surface area (Å²) < 4.78 is 3.27. The fraction of sp³-hybridized carbons (Fsp3) is 0.105. The van der Waals surface area contributed by atoms with Crippen molar-refractivity contribution in [2.45, 2.75) is 26.9 Å². The molecule has 0 spiro atoms. The Morgan fingerprint density at radius 3 is 1.02 bits per heavy atom. The average molecular weight is 677 g/mol. The number of hydrogen-bond acceptors (Lipinski definition) is 0. The van der Waals surface area contributed by atoms with Gasteiger partial charge in [0.1, 0.15) is 0 Å². The molecule has 0 bridgehead atoms. The molecule has 2 aliphatic rings. The molecule has 0 aromatic heterocycles. The molecule has 0 atom stereocenters. The van der Waals surface area contributed by atoms with E-state index in [1.54, 1.807) is 6.41 Å². The van der Waals surface area contributed by atoms with Crippen molar-refractivity contribution in [1.29, 1.82) is 0 Å². The second kappa shape index (κ2) is 12.5. The van der Waals surface area contributed by atoms with Crippen LogP contribution >= 0.6 is 0 Å². The number of fused-ring (bicyclic) bond motifs is 12. The minimum absolute atomic E-state index is 0. The van der Waals surface area contributed by atoms with Crippen molar-refractivity contribution in [2.24, 2.45) is 0 Å². The van der Waals surface area contributed by atoms with Gasteiger partial charge in [-0.1, -0.05) is 13.1 Å². The van der Waals surface area contributed by atoms with Gasteiger partial charge in [-0.15, -0.1) is 0 Å². The third-order valence-electron chi connectivity index (χ3n) is 8.21. The molecule has 0 saturated carbocycles. The summed E-state index contributed by atoms with van der Waals surface area (Å²) in [6.45, 7) is 8.99. The third-order valence-corrected chi connectivity index (χ3v) is 12.6. The summed E-state index contributed by atoms with van der Waals surface area (Å²) in [5.74, 6) is 0. The van der Waals surface area contributed by atoms with Gasteiger partial charge in [0.25, 0.3) is 0 Å². The van der Waals surface area contributed by atoms with Gasteiger partial charge < -0.3 is 24.8 Å². The first kappa shape index (κ1) is 30.7. The van der Waals surface area contributed by atoms with Crippen LogP contribution in [0, 0.1) is 0 Å². The molecular weight excluding hydrogens is 647 g/mol. The van der Waals surface area contributed by atoms with Crippen LogP contribution < -0.4 is 24.8 Å². The molecule has 0 saturated heterocycles.